The van der Waals surface area contributed by atoms with Crippen LogP contribution in [0, 0.1) is 5.82 Å². The monoisotopic (exact) mass is 304 g/mol. The highest BCUT2D eigenvalue weighted by Crippen LogP contribution is 2.34. The van der Waals surface area contributed by atoms with Crippen LogP contribution in [-0.2, 0) is 0 Å². The van der Waals surface area contributed by atoms with Crippen molar-refractivity contribution in [2.75, 3.05) is 0 Å². The first-order valence-corrected chi connectivity index (χ1v) is 7.30. The Morgan fingerprint density at radius 2 is 1.61 bits per heavy atom. The van der Waals surface area contributed by atoms with E-state index in [1.807, 2.05) is 30.3 Å². The first kappa shape index (κ1) is 13.6. The number of para-hydroxylation sites is 1. The smallest absolute Gasteiger partial charge is 0.134 e. The molecular formula is C19H13FN2O. The third-order valence-corrected chi connectivity index (χ3v) is 3.85. The van der Waals surface area contributed by atoms with Crippen LogP contribution in [-0.4, -0.2) is 9.97 Å². The third-order valence-electron chi connectivity index (χ3n) is 3.85. The van der Waals surface area contributed by atoms with Gasteiger partial charge in [0, 0.05) is 23.3 Å². The molecule has 0 aliphatic heterocycles. The van der Waals surface area contributed by atoms with Gasteiger partial charge >= 0.3 is 0 Å². The Hall–Kier alpha value is -3.01. The Kier molecular flexibility index (Phi) is 3.35. The molecule has 0 N–H and O–H groups in total. The number of hydrogen-bond donors (Lipinski definition) is 0. The maximum atomic E-state index is 13.3. The highest BCUT2D eigenvalue weighted by Gasteiger charge is 2.21. The lowest BCUT2D eigenvalue weighted by Crippen LogP contribution is -2.03. The van der Waals surface area contributed by atoms with Crippen molar-refractivity contribution in [1.82, 2.24) is 9.97 Å². The summed E-state index contributed by atoms with van der Waals surface area (Å²) in [5.41, 5.74) is 2.66. The van der Waals surface area contributed by atoms with Crippen LogP contribution in [0.2, 0.25) is 0 Å². The van der Waals surface area contributed by atoms with Gasteiger partial charge in [-0.15, -0.1) is 0 Å². The van der Waals surface area contributed by atoms with Crippen LogP contribution in [0.15, 0.2) is 77.7 Å². The van der Waals surface area contributed by atoms with Gasteiger partial charge in [-0.25, -0.2) is 14.4 Å². The van der Waals surface area contributed by atoms with Gasteiger partial charge in [0.05, 0.1) is 5.92 Å². The lowest BCUT2D eigenvalue weighted by molar-refractivity contribution is 0.540. The van der Waals surface area contributed by atoms with Crippen LogP contribution in [0.5, 0.6) is 0 Å². The van der Waals surface area contributed by atoms with Crippen molar-refractivity contribution in [3.05, 3.63) is 96.0 Å². The number of furan rings is 1. The van der Waals surface area contributed by atoms with Crippen LogP contribution >= 0.6 is 0 Å². The average molecular weight is 304 g/mol. The van der Waals surface area contributed by atoms with Crippen molar-refractivity contribution in [3.8, 4) is 0 Å². The van der Waals surface area contributed by atoms with E-state index in [4.69, 9.17) is 4.42 Å². The Morgan fingerprint density at radius 3 is 2.35 bits per heavy atom. The van der Waals surface area contributed by atoms with Crippen molar-refractivity contribution in [1.29, 1.82) is 0 Å². The van der Waals surface area contributed by atoms with E-state index in [1.54, 1.807) is 24.5 Å². The van der Waals surface area contributed by atoms with Crippen molar-refractivity contribution in [2.24, 2.45) is 0 Å². The molecule has 2 aromatic heterocycles. The van der Waals surface area contributed by atoms with Crippen LogP contribution in [0.1, 0.15) is 22.8 Å². The number of benzene rings is 2. The Labute approximate surface area is 132 Å². The summed E-state index contributed by atoms with van der Waals surface area (Å²) in [5.74, 6) is 0.346. The Morgan fingerprint density at radius 1 is 0.870 bits per heavy atom. The minimum atomic E-state index is -0.263. The van der Waals surface area contributed by atoms with Gasteiger partial charge in [0.2, 0.25) is 0 Å². The highest BCUT2D eigenvalue weighted by atomic mass is 19.1. The van der Waals surface area contributed by atoms with Gasteiger partial charge in [0.15, 0.2) is 0 Å². The molecule has 0 saturated heterocycles. The largest absolute Gasteiger partial charge is 0.460 e. The van der Waals surface area contributed by atoms with Crippen molar-refractivity contribution >= 4 is 11.0 Å². The van der Waals surface area contributed by atoms with E-state index in [9.17, 15) is 4.39 Å². The van der Waals surface area contributed by atoms with Gasteiger partial charge in [0.25, 0.3) is 0 Å². The molecule has 23 heavy (non-hydrogen) atoms. The lowest BCUT2D eigenvalue weighted by atomic mass is 9.91. The summed E-state index contributed by atoms with van der Waals surface area (Å²) >= 11 is 0. The van der Waals surface area contributed by atoms with Gasteiger partial charge in [0.1, 0.15) is 23.5 Å². The molecule has 1 atom stereocenters. The van der Waals surface area contributed by atoms with E-state index >= 15 is 0 Å². The Balaban J connectivity index is 1.89. The predicted octanol–water partition coefficient (Wildman–Crippen LogP) is 4.54. The molecule has 0 fully saturated rings. The molecular weight excluding hydrogens is 291 g/mol. The first-order chi connectivity index (χ1) is 11.3. The van der Waals surface area contributed by atoms with Crippen LogP contribution in [0.3, 0.4) is 0 Å². The molecule has 0 saturated carbocycles. The molecule has 0 amide bonds. The zero-order valence-electron chi connectivity index (χ0n) is 12.2. The minimum absolute atomic E-state index is 0.177. The zero-order valence-corrected chi connectivity index (χ0v) is 12.2. The number of nitrogens with zero attached hydrogens (tertiary/aromatic N) is 2. The summed E-state index contributed by atoms with van der Waals surface area (Å²) in [5, 5.41) is 1.03. The summed E-state index contributed by atoms with van der Waals surface area (Å²) in [6.07, 6.45) is 5.01. The van der Waals surface area contributed by atoms with Gasteiger partial charge < -0.3 is 4.42 Å². The zero-order chi connectivity index (χ0) is 15.6. The van der Waals surface area contributed by atoms with Crippen LogP contribution in [0.4, 0.5) is 4.39 Å². The van der Waals surface area contributed by atoms with Crippen molar-refractivity contribution in [3.63, 3.8) is 0 Å². The van der Waals surface area contributed by atoms with E-state index in [-0.39, 0.29) is 11.7 Å². The van der Waals surface area contributed by atoms with Gasteiger partial charge in [-0.3, -0.25) is 0 Å². The standard InChI is InChI=1S/C19H13FN2O/c20-16-7-5-13(6-8-16)19(15-10-21-12-22-11-15)18-9-14-3-1-2-4-17(14)23-18/h1-12,19H. The summed E-state index contributed by atoms with van der Waals surface area (Å²) in [7, 11) is 0. The SMILES string of the molecule is Fc1ccc(C(c2cncnc2)c2cc3ccccc3o2)cc1. The van der Waals surface area contributed by atoms with Gasteiger partial charge in [-0.1, -0.05) is 30.3 Å². The summed E-state index contributed by atoms with van der Waals surface area (Å²) in [6, 6.07) is 16.3. The maximum absolute atomic E-state index is 13.3. The van der Waals surface area contributed by atoms with E-state index in [1.165, 1.54) is 18.5 Å². The number of fused-ring (bicyclic) bond motifs is 1. The molecule has 3 nitrogen and oxygen atoms in total. The molecule has 0 aliphatic rings. The second kappa shape index (κ2) is 5.65. The molecule has 1 unspecified atom stereocenters. The quantitative estimate of drug-likeness (QED) is 0.557. The lowest BCUT2D eigenvalue weighted by Gasteiger charge is -2.14. The predicted molar refractivity (Wildman–Crippen MR) is 85.6 cm³/mol. The van der Waals surface area contributed by atoms with E-state index in [0.717, 1.165) is 27.9 Å². The van der Waals surface area contributed by atoms with E-state index in [0.29, 0.717) is 0 Å². The molecule has 4 rings (SSSR count). The van der Waals surface area contributed by atoms with E-state index in [2.05, 4.69) is 9.97 Å². The third kappa shape index (κ3) is 2.59. The topological polar surface area (TPSA) is 38.9 Å². The maximum Gasteiger partial charge on any atom is 0.134 e. The number of rotatable bonds is 3. The van der Waals surface area contributed by atoms with Crippen LogP contribution < -0.4 is 0 Å². The van der Waals surface area contributed by atoms with Crippen molar-refractivity contribution in [2.45, 2.75) is 5.92 Å². The highest BCUT2D eigenvalue weighted by molar-refractivity contribution is 5.78. The fraction of sp³-hybridized carbons (Fsp3) is 0.0526. The fourth-order valence-electron chi connectivity index (χ4n) is 2.78. The molecule has 4 aromatic rings. The molecule has 0 spiro atoms. The molecule has 0 aliphatic carbocycles. The van der Waals surface area contributed by atoms with Crippen LogP contribution in [0.25, 0.3) is 11.0 Å². The average Bonchev–Trinajstić information content (AvgIpc) is 3.01. The van der Waals surface area contributed by atoms with Gasteiger partial charge in [-0.05, 0) is 29.8 Å². The molecule has 4 heteroatoms. The molecule has 0 bridgehead atoms. The molecule has 2 heterocycles. The molecule has 112 valence electrons. The minimum Gasteiger partial charge on any atom is -0.460 e. The number of halogens is 1. The summed E-state index contributed by atoms with van der Waals surface area (Å²) in [4.78, 5) is 8.20. The first-order valence-electron chi connectivity index (χ1n) is 7.30. The molecule has 0 radical (unpaired) electrons. The summed E-state index contributed by atoms with van der Waals surface area (Å²) < 4.78 is 19.3. The summed E-state index contributed by atoms with van der Waals surface area (Å²) in [6.45, 7) is 0. The normalized spacial score (nSPS) is 12.4. The number of hydrogen-bond acceptors (Lipinski definition) is 3. The second-order valence-corrected chi connectivity index (χ2v) is 5.34. The fourth-order valence-corrected chi connectivity index (χ4v) is 2.78. The van der Waals surface area contributed by atoms with Gasteiger partial charge in [-0.2, -0.15) is 0 Å². The molecule has 2 aromatic carbocycles. The number of aromatic nitrogens is 2. The van der Waals surface area contributed by atoms with Crippen molar-refractivity contribution < 1.29 is 8.81 Å². The Bertz CT molecular complexity index is 899. The second-order valence-electron chi connectivity index (χ2n) is 5.34. The van der Waals surface area contributed by atoms with E-state index < -0.39 is 0 Å².